The van der Waals surface area contributed by atoms with Gasteiger partial charge < -0.3 is 10.1 Å². The quantitative estimate of drug-likeness (QED) is 0.656. The number of hydrogen-bond donors (Lipinski definition) is 1. The largest absolute Gasteiger partial charge is 0.456 e. The van der Waals surface area contributed by atoms with Gasteiger partial charge in [0, 0.05) is 12.4 Å². The number of pyridine rings is 1. The Morgan fingerprint density at radius 3 is 2.46 bits per heavy atom. The molecule has 0 bridgehead atoms. The summed E-state index contributed by atoms with van der Waals surface area (Å²) in [5.74, 6) is -0.362. The fraction of sp³-hybridized carbons (Fsp3) is 0.273. The molecule has 6 nitrogen and oxygen atoms in total. The van der Waals surface area contributed by atoms with Crippen LogP contribution in [0.5, 0.6) is 0 Å². The molecule has 0 amide bonds. The van der Waals surface area contributed by atoms with Crippen molar-refractivity contribution in [3.05, 3.63) is 65.7 Å². The monoisotopic (exact) mass is 376 g/mol. The number of rotatable bonds is 4. The van der Waals surface area contributed by atoms with Crippen LogP contribution in [0.1, 0.15) is 42.3 Å². The van der Waals surface area contributed by atoms with Crippen LogP contribution in [0.4, 0.5) is 11.4 Å². The molecule has 2 aromatic heterocycles. The van der Waals surface area contributed by atoms with Crippen LogP contribution in [0.2, 0.25) is 0 Å². The molecule has 0 unspecified atom stereocenters. The van der Waals surface area contributed by atoms with E-state index in [2.05, 4.69) is 20.3 Å². The molecule has 144 valence electrons. The van der Waals surface area contributed by atoms with E-state index < -0.39 is 5.60 Å². The van der Waals surface area contributed by atoms with Gasteiger partial charge in [0.05, 0.1) is 35.0 Å². The lowest BCUT2D eigenvalue weighted by atomic mass is 10.1. The van der Waals surface area contributed by atoms with Crippen LogP contribution in [-0.2, 0) is 4.74 Å². The zero-order valence-corrected chi connectivity index (χ0v) is 16.8. The van der Waals surface area contributed by atoms with Gasteiger partial charge in [-0.25, -0.2) is 4.79 Å². The molecule has 1 N–H and O–H groups in total. The van der Waals surface area contributed by atoms with Crippen LogP contribution in [0.25, 0.3) is 11.4 Å². The van der Waals surface area contributed by atoms with Crippen molar-refractivity contribution < 1.29 is 9.53 Å². The molecular formula is C22H24N4O2. The van der Waals surface area contributed by atoms with Crippen molar-refractivity contribution in [3.63, 3.8) is 0 Å². The van der Waals surface area contributed by atoms with Gasteiger partial charge in [-0.2, -0.15) is 0 Å². The number of carbonyl (C=O) groups is 1. The Labute approximate surface area is 165 Å². The number of carbonyl (C=O) groups excluding carboxylic acids is 1. The van der Waals surface area contributed by atoms with E-state index in [1.165, 1.54) is 0 Å². The van der Waals surface area contributed by atoms with Crippen molar-refractivity contribution in [2.75, 3.05) is 5.32 Å². The highest BCUT2D eigenvalue weighted by molar-refractivity contribution is 5.97. The molecule has 3 aromatic rings. The summed E-state index contributed by atoms with van der Waals surface area (Å²) < 4.78 is 5.55. The molecule has 0 saturated heterocycles. The fourth-order valence-electron chi connectivity index (χ4n) is 2.76. The minimum Gasteiger partial charge on any atom is -0.456 e. The van der Waals surface area contributed by atoms with Crippen molar-refractivity contribution in [1.29, 1.82) is 0 Å². The average molecular weight is 376 g/mol. The number of esters is 1. The van der Waals surface area contributed by atoms with Gasteiger partial charge in [0.15, 0.2) is 0 Å². The van der Waals surface area contributed by atoms with E-state index >= 15 is 0 Å². The predicted octanol–water partition coefficient (Wildman–Crippen LogP) is 4.85. The molecule has 0 saturated carbocycles. The summed E-state index contributed by atoms with van der Waals surface area (Å²) in [5.41, 5.74) is 4.81. The SMILES string of the molecule is Cc1ccc(Nc2cnc(-c3cnccn3)c(C)c2)c(C(=O)OC(C)(C)C)c1. The van der Waals surface area contributed by atoms with Gasteiger partial charge in [-0.05, 0) is 58.4 Å². The summed E-state index contributed by atoms with van der Waals surface area (Å²) in [4.78, 5) is 25.5. The van der Waals surface area contributed by atoms with Crippen molar-refractivity contribution in [2.24, 2.45) is 0 Å². The Morgan fingerprint density at radius 1 is 1.04 bits per heavy atom. The fourth-order valence-corrected chi connectivity index (χ4v) is 2.76. The first-order chi connectivity index (χ1) is 13.2. The molecule has 0 atom stereocenters. The predicted molar refractivity (Wildman–Crippen MR) is 110 cm³/mol. The molecule has 2 heterocycles. The van der Waals surface area contributed by atoms with E-state index in [0.29, 0.717) is 11.3 Å². The molecule has 28 heavy (non-hydrogen) atoms. The summed E-state index contributed by atoms with van der Waals surface area (Å²) >= 11 is 0. The number of benzene rings is 1. The lowest BCUT2D eigenvalue weighted by molar-refractivity contribution is 0.00706. The van der Waals surface area contributed by atoms with E-state index in [1.807, 2.05) is 58.9 Å². The zero-order chi connectivity index (χ0) is 20.3. The van der Waals surface area contributed by atoms with Crippen LogP contribution in [0.15, 0.2) is 49.1 Å². The zero-order valence-electron chi connectivity index (χ0n) is 16.8. The summed E-state index contributed by atoms with van der Waals surface area (Å²) in [6.07, 6.45) is 6.67. The molecule has 0 spiro atoms. The Hall–Kier alpha value is -3.28. The molecular weight excluding hydrogens is 352 g/mol. The summed E-state index contributed by atoms with van der Waals surface area (Å²) in [6, 6.07) is 7.62. The van der Waals surface area contributed by atoms with Gasteiger partial charge in [0.25, 0.3) is 0 Å². The lowest BCUT2D eigenvalue weighted by Crippen LogP contribution is -2.24. The molecule has 0 aliphatic carbocycles. The number of nitrogens with one attached hydrogen (secondary N) is 1. The highest BCUT2D eigenvalue weighted by atomic mass is 16.6. The van der Waals surface area contributed by atoms with Crippen LogP contribution in [0.3, 0.4) is 0 Å². The third kappa shape index (κ3) is 4.71. The second kappa shape index (κ2) is 7.76. The lowest BCUT2D eigenvalue weighted by Gasteiger charge is -2.21. The smallest absolute Gasteiger partial charge is 0.340 e. The second-order valence-corrected chi connectivity index (χ2v) is 7.66. The topological polar surface area (TPSA) is 77.0 Å². The molecule has 6 heteroatoms. The van der Waals surface area contributed by atoms with Crippen LogP contribution in [0, 0.1) is 13.8 Å². The van der Waals surface area contributed by atoms with Gasteiger partial charge in [-0.3, -0.25) is 15.0 Å². The van der Waals surface area contributed by atoms with Gasteiger partial charge in [-0.15, -0.1) is 0 Å². The first-order valence-electron chi connectivity index (χ1n) is 9.07. The molecule has 0 aliphatic rings. The highest BCUT2D eigenvalue weighted by Gasteiger charge is 2.21. The summed E-state index contributed by atoms with van der Waals surface area (Å²) in [7, 11) is 0. The van der Waals surface area contributed by atoms with Crippen molar-refractivity contribution in [2.45, 2.75) is 40.2 Å². The number of hydrogen-bond acceptors (Lipinski definition) is 6. The summed E-state index contributed by atoms with van der Waals surface area (Å²) in [5, 5.41) is 3.29. The minimum atomic E-state index is -0.561. The third-order valence-corrected chi connectivity index (χ3v) is 3.96. The Balaban J connectivity index is 1.90. The van der Waals surface area contributed by atoms with Gasteiger partial charge >= 0.3 is 5.97 Å². The first kappa shape index (κ1) is 19.5. The molecule has 0 aliphatic heterocycles. The Morgan fingerprint density at radius 2 is 1.82 bits per heavy atom. The maximum atomic E-state index is 12.6. The minimum absolute atomic E-state index is 0.362. The second-order valence-electron chi connectivity index (χ2n) is 7.66. The van der Waals surface area contributed by atoms with Gasteiger partial charge in [-0.1, -0.05) is 11.6 Å². The number of aryl methyl sites for hydroxylation is 2. The number of aromatic nitrogens is 3. The Bertz CT molecular complexity index is 995. The third-order valence-electron chi connectivity index (χ3n) is 3.96. The van der Waals surface area contributed by atoms with Crippen molar-refractivity contribution >= 4 is 17.3 Å². The van der Waals surface area contributed by atoms with E-state index in [0.717, 1.165) is 28.2 Å². The first-order valence-corrected chi connectivity index (χ1v) is 9.07. The van der Waals surface area contributed by atoms with Crippen LogP contribution >= 0.6 is 0 Å². The normalized spacial score (nSPS) is 11.2. The maximum Gasteiger partial charge on any atom is 0.340 e. The molecule has 3 rings (SSSR count). The number of anilines is 2. The van der Waals surface area contributed by atoms with E-state index in [1.54, 1.807) is 24.8 Å². The standard InChI is InChI=1S/C22H24N4O2/c1-14-6-7-18(17(10-14)21(27)28-22(3,4)5)26-16-11-15(2)20(25-12-16)19-13-23-8-9-24-19/h6-13,26H,1-5H3. The van der Waals surface area contributed by atoms with Crippen molar-refractivity contribution in [1.82, 2.24) is 15.0 Å². The molecule has 1 aromatic carbocycles. The number of ether oxygens (including phenoxy) is 1. The highest BCUT2D eigenvalue weighted by Crippen LogP contribution is 2.27. The van der Waals surface area contributed by atoms with Crippen LogP contribution < -0.4 is 5.32 Å². The van der Waals surface area contributed by atoms with Gasteiger partial charge in [0.2, 0.25) is 0 Å². The van der Waals surface area contributed by atoms with Crippen molar-refractivity contribution in [3.8, 4) is 11.4 Å². The van der Waals surface area contributed by atoms with E-state index in [-0.39, 0.29) is 5.97 Å². The Kier molecular flexibility index (Phi) is 5.40. The van der Waals surface area contributed by atoms with E-state index in [9.17, 15) is 4.79 Å². The van der Waals surface area contributed by atoms with Crippen LogP contribution in [-0.4, -0.2) is 26.5 Å². The van der Waals surface area contributed by atoms with E-state index in [4.69, 9.17) is 4.74 Å². The molecule has 0 fully saturated rings. The summed E-state index contributed by atoms with van der Waals surface area (Å²) in [6.45, 7) is 9.47. The van der Waals surface area contributed by atoms with Gasteiger partial charge in [0.1, 0.15) is 11.3 Å². The number of nitrogens with zero attached hydrogens (tertiary/aromatic N) is 3. The molecule has 0 radical (unpaired) electrons. The average Bonchev–Trinajstić information content (AvgIpc) is 2.62. The maximum absolute atomic E-state index is 12.6.